The molecule has 0 unspecified atom stereocenters. The van der Waals surface area contributed by atoms with Gasteiger partial charge in [-0.05, 0) is 116 Å². The maximum atomic E-state index is 6.37. The number of benzene rings is 7. The average Bonchev–Trinajstić information content (AvgIpc) is 3.10. The van der Waals surface area contributed by atoms with E-state index in [0.717, 1.165) is 57.1 Å². The number of nitrogens with zero attached hydrogens (tertiary/aromatic N) is 2. The van der Waals surface area contributed by atoms with E-state index in [4.69, 9.17) is 9.47 Å². The first-order chi connectivity index (χ1) is 24.1. The molecule has 0 bridgehead atoms. The second-order valence-electron chi connectivity index (χ2n) is 15.5. The Kier molecular flexibility index (Phi) is 6.60. The van der Waals surface area contributed by atoms with Crippen LogP contribution in [0.25, 0.3) is 21.5 Å². The van der Waals surface area contributed by atoms with Crippen molar-refractivity contribution in [1.29, 1.82) is 0 Å². The quantitative estimate of drug-likeness (QED) is 0.174. The first-order valence-corrected chi connectivity index (χ1v) is 17.4. The van der Waals surface area contributed by atoms with Crippen LogP contribution in [0.3, 0.4) is 0 Å². The lowest BCUT2D eigenvalue weighted by Crippen LogP contribution is -2.19. The molecule has 0 spiro atoms. The number of hydrogen-bond acceptors (Lipinski definition) is 4. The van der Waals surface area contributed by atoms with Gasteiger partial charge < -0.3 is 19.3 Å². The van der Waals surface area contributed by atoms with E-state index >= 15 is 0 Å². The smallest absolute Gasteiger partial charge is 0.151 e. The minimum Gasteiger partial charge on any atom is -0.453 e. The second-order valence-corrected chi connectivity index (χ2v) is 15.5. The van der Waals surface area contributed by atoms with Gasteiger partial charge >= 0.3 is 0 Å². The minimum atomic E-state index is -0.133. The van der Waals surface area contributed by atoms with Crippen LogP contribution in [0.4, 0.5) is 34.1 Å². The van der Waals surface area contributed by atoms with E-state index in [9.17, 15) is 0 Å². The van der Waals surface area contributed by atoms with E-state index in [1.807, 2.05) is 48.5 Å². The zero-order chi connectivity index (χ0) is 34.4. The van der Waals surface area contributed by atoms with Gasteiger partial charge in [-0.3, -0.25) is 0 Å². The van der Waals surface area contributed by atoms with Gasteiger partial charge in [0.1, 0.15) is 0 Å². The van der Waals surface area contributed by atoms with E-state index in [2.05, 4.69) is 136 Å². The van der Waals surface area contributed by atoms with Gasteiger partial charge in [0.25, 0.3) is 0 Å². The van der Waals surface area contributed by atoms with Crippen LogP contribution < -0.4 is 19.3 Å². The first-order valence-electron chi connectivity index (χ1n) is 17.4. The summed E-state index contributed by atoms with van der Waals surface area (Å²) >= 11 is 0. The van der Waals surface area contributed by atoms with Crippen LogP contribution in [-0.2, 0) is 10.8 Å². The number of anilines is 6. The third-order valence-electron chi connectivity index (χ3n) is 9.96. The molecule has 0 saturated heterocycles. The van der Waals surface area contributed by atoms with Gasteiger partial charge in [0.05, 0.1) is 22.7 Å². The van der Waals surface area contributed by atoms with E-state index in [0.29, 0.717) is 0 Å². The summed E-state index contributed by atoms with van der Waals surface area (Å²) in [4.78, 5) is 4.69. The van der Waals surface area contributed by atoms with Gasteiger partial charge in [-0.2, -0.15) is 0 Å². The van der Waals surface area contributed by atoms with Crippen LogP contribution in [0.15, 0.2) is 133 Å². The molecule has 50 heavy (non-hydrogen) atoms. The van der Waals surface area contributed by atoms with Crippen LogP contribution in [0.5, 0.6) is 23.0 Å². The number of fused-ring (bicyclic) bond motifs is 6. The van der Waals surface area contributed by atoms with Crippen molar-refractivity contribution in [2.24, 2.45) is 0 Å². The van der Waals surface area contributed by atoms with Crippen molar-refractivity contribution in [1.82, 2.24) is 0 Å². The van der Waals surface area contributed by atoms with Crippen LogP contribution in [0, 0.1) is 0 Å². The molecule has 0 fully saturated rings. The zero-order valence-electron chi connectivity index (χ0n) is 29.4. The van der Waals surface area contributed by atoms with E-state index in [1.165, 1.54) is 32.7 Å². The Balaban J connectivity index is 1.33. The maximum Gasteiger partial charge on any atom is 0.151 e. The first kappa shape index (κ1) is 30.3. The summed E-state index contributed by atoms with van der Waals surface area (Å²) in [6, 6.07) is 47.3. The summed E-state index contributed by atoms with van der Waals surface area (Å²) in [5.41, 5.74) is 8.81. The van der Waals surface area contributed by atoms with E-state index in [1.54, 1.807) is 0 Å². The average molecular weight is 653 g/mol. The molecule has 2 aliphatic rings. The molecule has 9 rings (SSSR count). The van der Waals surface area contributed by atoms with Gasteiger partial charge in [-0.15, -0.1) is 0 Å². The molecule has 4 heteroatoms. The zero-order valence-corrected chi connectivity index (χ0v) is 29.4. The van der Waals surface area contributed by atoms with E-state index < -0.39 is 0 Å². The molecule has 7 aromatic rings. The van der Waals surface area contributed by atoms with Crippen LogP contribution in [-0.4, -0.2) is 0 Å². The number of ether oxygens (including phenoxy) is 2. The topological polar surface area (TPSA) is 24.9 Å². The fourth-order valence-electron chi connectivity index (χ4n) is 8.06. The number of rotatable bonds is 2. The SMILES string of the molecule is CC(C)(C)c1c2ccc(N3c4ccccc4Oc4ccccc43)cc2c(C(C)(C)C)c2ccc(N3c4ccccc4Oc4ccccc43)cc12. The molecule has 0 atom stereocenters. The van der Waals surface area contributed by atoms with Gasteiger partial charge in [-0.25, -0.2) is 0 Å². The maximum absolute atomic E-state index is 6.37. The predicted octanol–water partition coefficient (Wildman–Crippen LogP) is 13.7. The highest BCUT2D eigenvalue weighted by molar-refractivity contribution is 6.10. The minimum absolute atomic E-state index is 0.133. The Morgan fingerprint density at radius 3 is 0.960 bits per heavy atom. The van der Waals surface area contributed by atoms with Crippen molar-refractivity contribution in [2.45, 2.75) is 52.4 Å². The Bertz CT molecular complexity index is 2220. The van der Waals surface area contributed by atoms with Crippen molar-refractivity contribution in [3.8, 4) is 23.0 Å². The lowest BCUT2D eigenvalue weighted by Gasteiger charge is -2.35. The Morgan fingerprint density at radius 2 is 0.660 bits per heavy atom. The fourth-order valence-corrected chi connectivity index (χ4v) is 8.06. The summed E-state index contributed by atoms with van der Waals surface area (Å²) in [6.07, 6.45) is 0. The molecule has 0 radical (unpaired) electrons. The van der Waals surface area contributed by atoms with Crippen LogP contribution in [0.1, 0.15) is 52.7 Å². The summed E-state index contributed by atoms with van der Waals surface area (Å²) in [6.45, 7) is 14.0. The lowest BCUT2D eigenvalue weighted by molar-refractivity contribution is 0.477. The highest BCUT2D eigenvalue weighted by Gasteiger charge is 2.32. The van der Waals surface area contributed by atoms with Gasteiger partial charge in [0.15, 0.2) is 23.0 Å². The molecule has 0 saturated carbocycles. The molecule has 0 amide bonds. The van der Waals surface area contributed by atoms with Crippen molar-refractivity contribution in [2.75, 3.05) is 9.80 Å². The molecule has 0 aliphatic carbocycles. The van der Waals surface area contributed by atoms with Gasteiger partial charge in [0.2, 0.25) is 0 Å². The molecule has 246 valence electrons. The summed E-state index contributed by atoms with van der Waals surface area (Å²) in [5.74, 6) is 3.43. The Labute approximate surface area is 294 Å². The van der Waals surface area contributed by atoms with Crippen LogP contribution >= 0.6 is 0 Å². The predicted molar refractivity (Wildman–Crippen MR) is 208 cm³/mol. The van der Waals surface area contributed by atoms with Gasteiger partial charge in [-0.1, -0.05) is 102 Å². The monoisotopic (exact) mass is 652 g/mol. The second kappa shape index (κ2) is 10.9. The van der Waals surface area contributed by atoms with Crippen molar-refractivity contribution in [3.05, 3.63) is 145 Å². The molecular formula is C46H40N2O2. The summed E-state index contributed by atoms with van der Waals surface area (Å²) < 4.78 is 12.7. The molecule has 7 aromatic carbocycles. The van der Waals surface area contributed by atoms with E-state index in [-0.39, 0.29) is 10.8 Å². The standard InChI is InChI=1S/C46H40N2O2/c1-45(2,3)43-31-25-23-30(48-37-17-9-13-21-41(37)50-42-22-14-10-18-38(42)48)28-34(31)44(46(4,5)6)32-26-24-29(27-33(32)43)47-35-15-7-11-19-39(35)49-40-20-12-8-16-36(40)47/h7-28H,1-6H3. The highest BCUT2D eigenvalue weighted by atomic mass is 16.5. The summed E-state index contributed by atoms with van der Waals surface area (Å²) in [7, 11) is 0. The van der Waals surface area contributed by atoms with Crippen molar-refractivity contribution < 1.29 is 9.47 Å². The molecule has 4 nitrogen and oxygen atoms in total. The fraction of sp³-hybridized carbons (Fsp3) is 0.174. The number of hydrogen-bond donors (Lipinski definition) is 0. The van der Waals surface area contributed by atoms with Gasteiger partial charge in [0, 0.05) is 11.4 Å². The molecule has 2 aliphatic heterocycles. The highest BCUT2D eigenvalue weighted by Crippen LogP contribution is 2.54. The number of para-hydroxylation sites is 8. The lowest BCUT2D eigenvalue weighted by atomic mass is 9.74. The molecule has 2 heterocycles. The molecule has 0 aromatic heterocycles. The Hall–Kier alpha value is -5.74. The summed E-state index contributed by atoms with van der Waals surface area (Å²) in [5, 5.41) is 5.13. The molecule has 0 N–H and O–H groups in total. The van der Waals surface area contributed by atoms with Crippen LogP contribution in [0.2, 0.25) is 0 Å². The van der Waals surface area contributed by atoms with Crippen molar-refractivity contribution >= 4 is 55.7 Å². The third kappa shape index (κ3) is 4.66. The van der Waals surface area contributed by atoms with Crippen molar-refractivity contribution in [3.63, 3.8) is 0 Å². The Morgan fingerprint density at radius 1 is 0.360 bits per heavy atom. The normalized spacial score (nSPS) is 13.6. The largest absolute Gasteiger partial charge is 0.453 e. The third-order valence-corrected chi connectivity index (χ3v) is 9.96. The molecular weight excluding hydrogens is 613 g/mol.